The molecule has 6 nitrogen and oxygen atoms in total. The monoisotopic (exact) mass is 284 g/mol. The molecule has 102 valence electrons. The standard InChI is InChI=1S/C8H11F3N4O2S/c1-3(12)4(8(9,10)11)18-7-13-5(16)6(17)14-15(7)2/h3-4H,12H2,1-2H3,(H,14,17). The highest BCUT2D eigenvalue weighted by Gasteiger charge is 2.43. The van der Waals surface area contributed by atoms with E-state index in [9.17, 15) is 22.8 Å². The van der Waals surface area contributed by atoms with Gasteiger partial charge < -0.3 is 5.73 Å². The van der Waals surface area contributed by atoms with Crippen molar-refractivity contribution in [2.24, 2.45) is 12.8 Å². The Bertz CT molecular complexity index is 536. The second-order valence-corrected chi connectivity index (χ2v) is 4.75. The molecule has 1 rings (SSSR count). The van der Waals surface area contributed by atoms with E-state index in [1.165, 1.54) is 14.0 Å². The lowest BCUT2D eigenvalue weighted by molar-refractivity contribution is -0.131. The Balaban J connectivity index is 3.13. The molecule has 3 N–H and O–H groups in total. The highest BCUT2D eigenvalue weighted by molar-refractivity contribution is 7.99. The lowest BCUT2D eigenvalue weighted by atomic mass is 10.2. The van der Waals surface area contributed by atoms with Crippen molar-refractivity contribution in [1.82, 2.24) is 14.8 Å². The van der Waals surface area contributed by atoms with Crippen LogP contribution in [-0.2, 0) is 7.05 Å². The van der Waals surface area contributed by atoms with E-state index < -0.39 is 28.6 Å². The van der Waals surface area contributed by atoms with E-state index in [1.54, 1.807) is 0 Å². The molecule has 1 aromatic heterocycles. The molecule has 0 fully saturated rings. The predicted octanol–water partition coefficient (Wildman–Crippen LogP) is -0.161. The third kappa shape index (κ3) is 3.35. The molecule has 10 heteroatoms. The van der Waals surface area contributed by atoms with Crippen molar-refractivity contribution in [2.75, 3.05) is 0 Å². The van der Waals surface area contributed by atoms with Gasteiger partial charge in [-0.2, -0.15) is 18.2 Å². The van der Waals surface area contributed by atoms with E-state index in [0.29, 0.717) is 0 Å². The topological polar surface area (TPSA) is 93.8 Å². The zero-order chi connectivity index (χ0) is 14.1. The number of rotatable bonds is 3. The van der Waals surface area contributed by atoms with Gasteiger partial charge in [0.1, 0.15) is 5.25 Å². The number of nitrogens with zero attached hydrogens (tertiary/aromatic N) is 2. The molecule has 0 saturated heterocycles. The minimum atomic E-state index is -4.54. The van der Waals surface area contributed by atoms with E-state index >= 15 is 0 Å². The number of aromatic nitrogens is 3. The Labute approximate surface area is 103 Å². The predicted molar refractivity (Wildman–Crippen MR) is 59.4 cm³/mol. The second kappa shape index (κ2) is 5.14. The van der Waals surface area contributed by atoms with Crippen molar-refractivity contribution in [2.45, 2.75) is 29.5 Å². The molecule has 0 bridgehead atoms. The number of thioether (sulfide) groups is 1. The quantitative estimate of drug-likeness (QED) is 0.594. The molecule has 18 heavy (non-hydrogen) atoms. The molecule has 0 aliphatic carbocycles. The summed E-state index contributed by atoms with van der Waals surface area (Å²) in [6.45, 7) is 1.20. The largest absolute Gasteiger partial charge is 0.402 e. The SMILES string of the molecule is CC(N)C(Sc1nc(=O)c(=O)[nH]n1C)C(F)(F)F. The Morgan fingerprint density at radius 1 is 1.44 bits per heavy atom. The van der Waals surface area contributed by atoms with Gasteiger partial charge in [-0.25, -0.2) is 0 Å². The Kier molecular flexibility index (Phi) is 4.22. The summed E-state index contributed by atoms with van der Waals surface area (Å²) < 4.78 is 39.0. The van der Waals surface area contributed by atoms with Crippen LogP contribution in [0.5, 0.6) is 0 Å². The number of aromatic amines is 1. The maximum atomic E-state index is 12.7. The smallest absolute Gasteiger partial charge is 0.327 e. The summed E-state index contributed by atoms with van der Waals surface area (Å²) in [5.41, 5.74) is 3.13. The van der Waals surface area contributed by atoms with E-state index in [1.807, 2.05) is 0 Å². The first-order valence-electron chi connectivity index (χ1n) is 4.79. The van der Waals surface area contributed by atoms with Crippen LogP contribution in [0.1, 0.15) is 6.92 Å². The molecule has 0 amide bonds. The summed E-state index contributed by atoms with van der Waals surface area (Å²) >= 11 is 0.285. The van der Waals surface area contributed by atoms with E-state index in [4.69, 9.17) is 5.73 Å². The molecule has 1 heterocycles. The van der Waals surface area contributed by atoms with Crippen molar-refractivity contribution in [3.8, 4) is 0 Å². The molecule has 0 radical (unpaired) electrons. The Hall–Kier alpha value is -1.29. The number of nitrogens with one attached hydrogen (secondary N) is 1. The van der Waals surface area contributed by atoms with Crippen molar-refractivity contribution >= 4 is 11.8 Å². The van der Waals surface area contributed by atoms with Crippen LogP contribution in [0.3, 0.4) is 0 Å². The van der Waals surface area contributed by atoms with Gasteiger partial charge in [-0.05, 0) is 6.92 Å². The molecule has 0 spiro atoms. The van der Waals surface area contributed by atoms with Crippen LogP contribution in [0.2, 0.25) is 0 Å². The van der Waals surface area contributed by atoms with Gasteiger partial charge >= 0.3 is 17.3 Å². The van der Waals surface area contributed by atoms with Crippen LogP contribution >= 0.6 is 11.8 Å². The maximum absolute atomic E-state index is 12.7. The van der Waals surface area contributed by atoms with Crippen LogP contribution < -0.4 is 16.9 Å². The lowest BCUT2D eigenvalue weighted by Crippen LogP contribution is -2.42. The van der Waals surface area contributed by atoms with Crippen LogP contribution in [0.25, 0.3) is 0 Å². The van der Waals surface area contributed by atoms with Gasteiger partial charge in [0.15, 0.2) is 5.16 Å². The van der Waals surface area contributed by atoms with Gasteiger partial charge in [-0.1, -0.05) is 11.8 Å². The first kappa shape index (κ1) is 14.8. The normalized spacial score (nSPS) is 15.4. The Morgan fingerprint density at radius 2 is 2.00 bits per heavy atom. The highest BCUT2D eigenvalue weighted by atomic mass is 32.2. The fourth-order valence-corrected chi connectivity index (χ4v) is 2.07. The summed E-state index contributed by atoms with van der Waals surface area (Å²) in [6, 6.07) is -1.18. The van der Waals surface area contributed by atoms with Gasteiger partial charge in [-0.15, -0.1) is 0 Å². The molecular weight excluding hydrogens is 273 g/mol. The van der Waals surface area contributed by atoms with Crippen molar-refractivity contribution in [3.63, 3.8) is 0 Å². The number of H-pyrrole nitrogens is 1. The molecule has 0 saturated carbocycles. The molecule has 1 aromatic rings. The fourth-order valence-electron chi connectivity index (χ4n) is 1.15. The zero-order valence-electron chi connectivity index (χ0n) is 9.49. The zero-order valence-corrected chi connectivity index (χ0v) is 10.3. The lowest BCUT2D eigenvalue weighted by Gasteiger charge is -2.22. The summed E-state index contributed by atoms with van der Waals surface area (Å²) in [5.74, 6) is 0. The summed E-state index contributed by atoms with van der Waals surface area (Å²) in [7, 11) is 1.28. The van der Waals surface area contributed by atoms with E-state index in [-0.39, 0.29) is 16.9 Å². The highest BCUT2D eigenvalue weighted by Crippen LogP contribution is 2.35. The van der Waals surface area contributed by atoms with E-state index in [0.717, 1.165) is 4.68 Å². The van der Waals surface area contributed by atoms with Gasteiger partial charge in [0.05, 0.1) is 0 Å². The summed E-state index contributed by atoms with van der Waals surface area (Å²) in [5, 5.41) is -0.106. The number of halogens is 3. The number of alkyl halides is 3. The minimum absolute atomic E-state index is 0.251. The molecule has 2 unspecified atom stereocenters. The van der Waals surface area contributed by atoms with Gasteiger partial charge in [0, 0.05) is 13.1 Å². The Morgan fingerprint density at radius 3 is 2.44 bits per heavy atom. The number of aryl methyl sites for hydroxylation is 1. The molecular formula is C8H11F3N4O2S. The molecule has 2 atom stereocenters. The average Bonchev–Trinajstić information content (AvgIpc) is 2.19. The van der Waals surface area contributed by atoms with Gasteiger partial charge in [0.2, 0.25) is 0 Å². The third-order valence-electron chi connectivity index (χ3n) is 1.98. The van der Waals surface area contributed by atoms with Gasteiger partial charge in [-0.3, -0.25) is 19.4 Å². The molecule has 0 aromatic carbocycles. The number of nitrogens with two attached hydrogens (primary N) is 1. The average molecular weight is 284 g/mol. The number of hydrogen-bond acceptors (Lipinski definition) is 5. The molecule has 0 aliphatic rings. The van der Waals surface area contributed by atoms with Crippen LogP contribution in [0.15, 0.2) is 14.7 Å². The van der Waals surface area contributed by atoms with Gasteiger partial charge in [0.25, 0.3) is 0 Å². The van der Waals surface area contributed by atoms with Crippen molar-refractivity contribution in [1.29, 1.82) is 0 Å². The maximum Gasteiger partial charge on any atom is 0.402 e. The minimum Gasteiger partial charge on any atom is -0.327 e. The van der Waals surface area contributed by atoms with Crippen LogP contribution in [-0.4, -0.2) is 32.2 Å². The molecule has 0 aliphatic heterocycles. The third-order valence-corrected chi connectivity index (χ3v) is 3.51. The van der Waals surface area contributed by atoms with Crippen molar-refractivity contribution in [3.05, 3.63) is 20.7 Å². The second-order valence-electron chi connectivity index (χ2n) is 3.64. The van der Waals surface area contributed by atoms with Crippen molar-refractivity contribution < 1.29 is 13.2 Å². The van der Waals surface area contributed by atoms with Crippen LogP contribution in [0.4, 0.5) is 13.2 Å². The first-order valence-corrected chi connectivity index (χ1v) is 5.67. The summed E-state index contributed by atoms with van der Waals surface area (Å²) in [4.78, 5) is 25.2. The van der Waals surface area contributed by atoms with Crippen LogP contribution in [0, 0.1) is 0 Å². The first-order chi connectivity index (χ1) is 8.12. The summed E-state index contributed by atoms with van der Waals surface area (Å²) in [6.07, 6.45) is -4.54. The number of hydrogen-bond donors (Lipinski definition) is 2. The fraction of sp³-hybridized carbons (Fsp3) is 0.625. The van der Waals surface area contributed by atoms with E-state index in [2.05, 4.69) is 10.1 Å².